The van der Waals surface area contributed by atoms with E-state index in [1.165, 1.54) is 5.56 Å². The van der Waals surface area contributed by atoms with Gasteiger partial charge in [0, 0.05) is 5.02 Å². The highest BCUT2D eigenvalue weighted by Gasteiger charge is 2.11. The van der Waals surface area contributed by atoms with E-state index < -0.39 is 0 Å². The largest absolute Gasteiger partial charge is 0.271 e. The summed E-state index contributed by atoms with van der Waals surface area (Å²) < 4.78 is 0. The number of hydrogen-bond acceptors (Lipinski definition) is 2. The Labute approximate surface area is 106 Å². The Morgan fingerprint density at radius 1 is 1.06 bits per heavy atom. The number of aryl methyl sites for hydroxylation is 1. The summed E-state index contributed by atoms with van der Waals surface area (Å²) in [5.41, 5.74) is 6.30. The Morgan fingerprint density at radius 2 is 1.76 bits per heavy atom. The molecule has 0 aliphatic heterocycles. The highest BCUT2D eigenvalue weighted by Crippen LogP contribution is 2.23. The third-order valence-corrected chi connectivity index (χ3v) is 3.00. The van der Waals surface area contributed by atoms with E-state index >= 15 is 0 Å². The van der Waals surface area contributed by atoms with Crippen LogP contribution in [-0.2, 0) is 0 Å². The quantitative estimate of drug-likeness (QED) is 0.645. The zero-order chi connectivity index (χ0) is 12.3. The van der Waals surface area contributed by atoms with Crippen LogP contribution in [0, 0.1) is 6.92 Å². The lowest BCUT2D eigenvalue weighted by atomic mass is 9.98. The van der Waals surface area contributed by atoms with Crippen molar-refractivity contribution >= 4 is 11.6 Å². The predicted octanol–water partition coefficient (Wildman–Crippen LogP) is 3.20. The van der Waals surface area contributed by atoms with Gasteiger partial charge in [-0.1, -0.05) is 53.6 Å². The van der Waals surface area contributed by atoms with E-state index in [4.69, 9.17) is 17.4 Å². The summed E-state index contributed by atoms with van der Waals surface area (Å²) in [6, 6.07) is 16.0. The minimum absolute atomic E-state index is 0.00725. The van der Waals surface area contributed by atoms with Crippen LogP contribution in [0.25, 0.3) is 0 Å². The number of hydrogen-bond donors (Lipinski definition) is 2. The molecule has 0 aromatic heterocycles. The monoisotopic (exact) mass is 246 g/mol. The van der Waals surface area contributed by atoms with Crippen LogP contribution in [0.5, 0.6) is 0 Å². The van der Waals surface area contributed by atoms with Crippen molar-refractivity contribution in [2.24, 2.45) is 5.84 Å². The molecule has 0 saturated carbocycles. The fourth-order valence-corrected chi connectivity index (χ4v) is 2.02. The summed E-state index contributed by atoms with van der Waals surface area (Å²) in [4.78, 5) is 0. The summed E-state index contributed by atoms with van der Waals surface area (Å²) >= 11 is 5.88. The van der Waals surface area contributed by atoms with Gasteiger partial charge in [-0.05, 0) is 30.2 Å². The van der Waals surface area contributed by atoms with Gasteiger partial charge in [0.2, 0.25) is 0 Å². The standard InChI is InChI=1S/C14H15ClN2/c1-10-3-2-4-12(9-10)14(17-16)11-5-7-13(15)8-6-11/h2-9,14,17H,16H2,1H3. The van der Waals surface area contributed by atoms with E-state index in [9.17, 15) is 0 Å². The Balaban J connectivity index is 2.36. The van der Waals surface area contributed by atoms with Gasteiger partial charge in [0.05, 0.1) is 6.04 Å². The molecule has 17 heavy (non-hydrogen) atoms. The molecule has 1 unspecified atom stereocenters. The second-order valence-electron chi connectivity index (χ2n) is 4.07. The summed E-state index contributed by atoms with van der Waals surface area (Å²) in [5.74, 6) is 5.64. The van der Waals surface area contributed by atoms with Crippen LogP contribution in [0.2, 0.25) is 5.02 Å². The molecule has 0 aliphatic rings. The molecule has 2 aromatic rings. The number of nitrogens with two attached hydrogens (primary N) is 1. The molecule has 2 nitrogen and oxygen atoms in total. The lowest BCUT2D eigenvalue weighted by molar-refractivity contribution is 0.636. The van der Waals surface area contributed by atoms with Crippen molar-refractivity contribution in [2.45, 2.75) is 13.0 Å². The van der Waals surface area contributed by atoms with Gasteiger partial charge in [-0.15, -0.1) is 0 Å². The van der Waals surface area contributed by atoms with Crippen molar-refractivity contribution < 1.29 is 0 Å². The lowest BCUT2D eigenvalue weighted by Crippen LogP contribution is -2.28. The molecule has 0 bridgehead atoms. The van der Waals surface area contributed by atoms with Crippen LogP contribution in [0.3, 0.4) is 0 Å². The Kier molecular flexibility index (Phi) is 3.79. The van der Waals surface area contributed by atoms with E-state index in [0.717, 1.165) is 16.1 Å². The number of halogens is 1. The third-order valence-electron chi connectivity index (χ3n) is 2.75. The fourth-order valence-electron chi connectivity index (χ4n) is 1.89. The zero-order valence-electron chi connectivity index (χ0n) is 9.65. The molecule has 2 aromatic carbocycles. The number of rotatable bonds is 3. The topological polar surface area (TPSA) is 38.0 Å². The van der Waals surface area contributed by atoms with Crippen LogP contribution in [0.4, 0.5) is 0 Å². The van der Waals surface area contributed by atoms with Crippen LogP contribution < -0.4 is 11.3 Å². The summed E-state index contributed by atoms with van der Waals surface area (Å²) in [5, 5.41) is 0.730. The van der Waals surface area contributed by atoms with Crippen LogP contribution in [0.1, 0.15) is 22.7 Å². The molecule has 1 atom stereocenters. The maximum Gasteiger partial charge on any atom is 0.0710 e. The summed E-state index contributed by atoms with van der Waals surface area (Å²) in [6.07, 6.45) is 0. The van der Waals surface area contributed by atoms with Gasteiger partial charge in [-0.2, -0.15) is 0 Å². The number of nitrogens with one attached hydrogen (secondary N) is 1. The maximum absolute atomic E-state index is 5.88. The SMILES string of the molecule is Cc1cccc(C(NN)c2ccc(Cl)cc2)c1. The van der Waals surface area contributed by atoms with Gasteiger partial charge in [0.1, 0.15) is 0 Å². The van der Waals surface area contributed by atoms with E-state index in [-0.39, 0.29) is 6.04 Å². The van der Waals surface area contributed by atoms with E-state index in [1.54, 1.807) is 0 Å². The molecule has 0 amide bonds. The average Bonchev–Trinajstić information content (AvgIpc) is 2.33. The molecular weight excluding hydrogens is 232 g/mol. The van der Waals surface area contributed by atoms with Crippen molar-refractivity contribution in [2.75, 3.05) is 0 Å². The molecule has 0 saturated heterocycles. The molecule has 0 fully saturated rings. The highest BCUT2D eigenvalue weighted by molar-refractivity contribution is 6.30. The Bertz CT molecular complexity index is 494. The van der Waals surface area contributed by atoms with Crippen molar-refractivity contribution in [1.82, 2.24) is 5.43 Å². The van der Waals surface area contributed by atoms with Crippen molar-refractivity contribution in [3.63, 3.8) is 0 Å². The highest BCUT2D eigenvalue weighted by atomic mass is 35.5. The van der Waals surface area contributed by atoms with Crippen LogP contribution in [-0.4, -0.2) is 0 Å². The maximum atomic E-state index is 5.88. The van der Waals surface area contributed by atoms with Crippen molar-refractivity contribution in [3.8, 4) is 0 Å². The van der Waals surface area contributed by atoms with Gasteiger partial charge < -0.3 is 0 Å². The minimum Gasteiger partial charge on any atom is -0.271 e. The van der Waals surface area contributed by atoms with Gasteiger partial charge in [0.15, 0.2) is 0 Å². The Hall–Kier alpha value is -1.35. The zero-order valence-corrected chi connectivity index (χ0v) is 10.4. The molecule has 0 aliphatic carbocycles. The molecule has 0 radical (unpaired) electrons. The number of hydrazine groups is 1. The van der Waals surface area contributed by atoms with Gasteiger partial charge in [-0.25, -0.2) is 5.43 Å². The van der Waals surface area contributed by atoms with E-state index in [2.05, 4.69) is 30.5 Å². The van der Waals surface area contributed by atoms with Gasteiger partial charge in [0.25, 0.3) is 0 Å². The molecule has 3 N–H and O–H groups in total. The third kappa shape index (κ3) is 2.86. The van der Waals surface area contributed by atoms with Crippen molar-refractivity contribution in [3.05, 3.63) is 70.2 Å². The average molecular weight is 247 g/mol. The smallest absolute Gasteiger partial charge is 0.0710 e. The second kappa shape index (κ2) is 5.32. The molecule has 0 heterocycles. The fraction of sp³-hybridized carbons (Fsp3) is 0.143. The van der Waals surface area contributed by atoms with Crippen molar-refractivity contribution in [1.29, 1.82) is 0 Å². The first-order valence-electron chi connectivity index (χ1n) is 5.49. The molecule has 88 valence electrons. The second-order valence-corrected chi connectivity index (χ2v) is 4.50. The lowest BCUT2D eigenvalue weighted by Gasteiger charge is -2.17. The molecule has 0 spiro atoms. The van der Waals surface area contributed by atoms with Gasteiger partial charge >= 0.3 is 0 Å². The normalized spacial score (nSPS) is 12.4. The van der Waals surface area contributed by atoms with E-state index in [0.29, 0.717) is 0 Å². The van der Waals surface area contributed by atoms with Gasteiger partial charge in [-0.3, -0.25) is 5.84 Å². The molecule has 2 rings (SSSR count). The molecule has 3 heteroatoms. The first-order chi connectivity index (χ1) is 8.20. The first kappa shape index (κ1) is 12.1. The summed E-state index contributed by atoms with van der Waals surface area (Å²) in [7, 11) is 0. The summed E-state index contributed by atoms with van der Waals surface area (Å²) in [6.45, 7) is 2.07. The van der Waals surface area contributed by atoms with E-state index in [1.807, 2.05) is 30.3 Å². The predicted molar refractivity (Wildman–Crippen MR) is 71.8 cm³/mol. The number of benzene rings is 2. The minimum atomic E-state index is -0.00725. The van der Waals surface area contributed by atoms with Crippen LogP contribution >= 0.6 is 11.6 Å². The first-order valence-corrected chi connectivity index (χ1v) is 5.86. The molecular formula is C14H15ClN2. The Morgan fingerprint density at radius 3 is 2.35 bits per heavy atom. The van der Waals surface area contributed by atoms with Crippen LogP contribution in [0.15, 0.2) is 48.5 Å².